The Bertz CT molecular complexity index is 348. The van der Waals surface area contributed by atoms with Crippen LogP contribution in [0, 0.1) is 0 Å². The van der Waals surface area contributed by atoms with E-state index < -0.39 is 0 Å². The molecule has 0 aromatic heterocycles. The molecule has 2 aliphatic heterocycles. The summed E-state index contributed by atoms with van der Waals surface area (Å²) in [4.78, 5) is 2.17. The molecular weight excluding hydrogens is 281 g/mol. The maximum Gasteiger partial charge on any atom is 0.0420 e. The van der Waals surface area contributed by atoms with E-state index >= 15 is 0 Å². The van der Waals surface area contributed by atoms with Crippen LogP contribution >= 0.6 is 37.2 Å². The zero-order valence-corrected chi connectivity index (χ0v) is 11.7. The van der Waals surface area contributed by atoms with Crippen molar-refractivity contribution in [2.75, 3.05) is 13.1 Å². The molecule has 4 N–H and O–H groups in total. The normalized spacial score (nSPS) is 17.6. The molecular formula is C11H18Cl3N3. The van der Waals surface area contributed by atoms with Crippen LogP contribution in [0.15, 0.2) is 47.9 Å². The van der Waals surface area contributed by atoms with Gasteiger partial charge in [-0.25, -0.2) is 0 Å². The van der Waals surface area contributed by atoms with E-state index in [1.165, 1.54) is 5.70 Å². The van der Waals surface area contributed by atoms with Crippen LogP contribution in [0.5, 0.6) is 0 Å². The highest BCUT2D eigenvalue weighted by atomic mass is 35.5. The molecule has 0 amide bonds. The van der Waals surface area contributed by atoms with Gasteiger partial charge in [0.1, 0.15) is 0 Å². The quantitative estimate of drug-likeness (QED) is 0.816. The van der Waals surface area contributed by atoms with Gasteiger partial charge < -0.3 is 16.4 Å². The topological polar surface area (TPSA) is 55.3 Å². The number of nitrogens with two attached hydrogens (primary N) is 2. The number of fused-ring (bicyclic) bond motifs is 1. The third kappa shape index (κ3) is 4.37. The van der Waals surface area contributed by atoms with Gasteiger partial charge in [0.25, 0.3) is 0 Å². The average Bonchev–Trinajstić information content (AvgIpc) is 2.27. The maximum atomic E-state index is 5.86. The summed E-state index contributed by atoms with van der Waals surface area (Å²) in [5.74, 6) is 0. The summed E-state index contributed by atoms with van der Waals surface area (Å²) >= 11 is 0. The zero-order valence-electron chi connectivity index (χ0n) is 9.28. The summed E-state index contributed by atoms with van der Waals surface area (Å²) in [5.41, 5.74) is 13.7. The second-order valence-corrected chi connectivity index (χ2v) is 3.47. The standard InChI is InChI=1S/C11H15N3.3ClH/c12-8-11(13)9-4-6-14-5-2-1-3-10(14)7-9;;;/h1-4,6-7,11H,5,8,12-13H2;3*1H. The van der Waals surface area contributed by atoms with E-state index in [0.29, 0.717) is 6.54 Å². The van der Waals surface area contributed by atoms with Crippen LogP contribution in [0.3, 0.4) is 0 Å². The highest BCUT2D eigenvalue weighted by Gasteiger charge is 2.13. The fraction of sp³-hybridized carbons (Fsp3) is 0.273. The molecule has 0 fully saturated rings. The summed E-state index contributed by atoms with van der Waals surface area (Å²) < 4.78 is 0. The molecule has 3 nitrogen and oxygen atoms in total. The van der Waals surface area contributed by atoms with Gasteiger partial charge in [0.2, 0.25) is 0 Å². The fourth-order valence-electron chi connectivity index (χ4n) is 1.58. The molecule has 17 heavy (non-hydrogen) atoms. The molecule has 1 unspecified atom stereocenters. The molecule has 0 aliphatic carbocycles. The number of hydrogen-bond acceptors (Lipinski definition) is 3. The van der Waals surface area contributed by atoms with Crippen molar-refractivity contribution in [1.82, 2.24) is 4.90 Å². The first-order valence-electron chi connectivity index (χ1n) is 4.80. The van der Waals surface area contributed by atoms with E-state index in [9.17, 15) is 0 Å². The minimum Gasteiger partial charge on any atom is -0.344 e. The Morgan fingerprint density at radius 1 is 1.29 bits per heavy atom. The lowest BCUT2D eigenvalue weighted by Gasteiger charge is -2.27. The van der Waals surface area contributed by atoms with Crippen LogP contribution in [0.25, 0.3) is 0 Å². The molecule has 0 aromatic rings. The van der Waals surface area contributed by atoms with Crippen LogP contribution in [0.4, 0.5) is 0 Å². The monoisotopic (exact) mass is 297 g/mol. The first kappa shape index (κ1) is 18.9. The lowest BCUT2D eigenvalue weighted by molar-refractivity contribution is 0.518. The molecule has 2 heterocycles. The van der Waals surface area contributed by atoms with E-state index in [2.05, 4.69) is 35.4 Å². The van der Waals surface area contributed by atoms with Crippen LogP contribution in [-0.4, -0.2) is 24.0 Å². The van der Waals surface area contributed by atoms with Crippen LogP contribution in [0.2, 0.25) is 0 Å². The van der Waals surface area contributed by atoms with Crippen molar-refractivity contribution in [3.05, 3.63) is 47.9 Å². The average molecular weight is 299 g/mol. The zero-order chi connectivity index (χ0) is 9.97. The molecule has 98 valence electrons. The molecule has 0 spiro atoms. The van der Waals surface area contributed by atoms with Gasteiger partial charge in [-0.3, -0.25) is 0 Å². The van der Waals surface area contributed by atoms with Crippen molar-refractivity contribution < 1.29 is 0 Å². The molecule has 2 rings (SSSR count). The second kappa shape index (κ2) is 8.61. The van der Waals surface area contributed by atoms with E-state index in [1.54, 1.807) is 0 Å². The number of halogens is 3. The van der Waals surface area contributed by atoms with Crippen molar-refractivity contribution in [2.45, 2.75) is 6.04 Å². The third-order valence-corrected chi connectivity index (χ3v) is 2.48. The molecule has 0 radical (unpaired) electrons. The van der Waals surface area contributed by atoms with Crippen molar-refractivity contribution in [3.63, 3.8) is 0 Å². The molecule has 0 saturated heterocycles. The molecule has 0 saturated carbocycles. The van der Waals surface area contributed by atoms with Gasteiger partial charge in [0.15, 0.2) is 0 Å². The van der Waals surface area contributed by atoms with E-state index in [1.807, 2.05) is 6.08 Å². The molecule has 1 atom stereocenters. The minimum atomic E-state index is -0.0554. The van der Waals surface area contributed by atoms with Gasteiger partial charge in [-0.2, -0.15) is 0 Å². The van der Waals surface area contributed by atoms with Crippen LogP contribution in [0.1, 0.15) is 0 Å². The number of nitrogens with zero attached hydrogens (tertiary/aromatic N) is 1. The molecule has 0 aromatic carbocycles. The highest BCUT2D eigenvalue weighted by Crippen LogP contribution is 2.20. The van der Waals surface area contributed by atoms with E-state index in [0.717, 1.165) is 12.1 Å². The van der Waals surface area contributed by atoms with E-state index in [4.69, 9.17) is 11.5 Å². The molecule has 6 heteroatoms. The smallest absolute Gasteiger partial charge is 0.0420 e. The summed E-state index contributed by atoms with van der Waals surface area (Å²) in [6.45, 7) is 1.42. The number of hydrogen-bond donors (Lipinski definition) is 2. The number of rotatable bonds is 2. The Morgan fingerprint density at radius 3 is 2.65 bits per heavy atom. The van der Waals surface area contributed by atoms with Crippen molar-refractivity contribution >= 4 is 37.2 Å². The molecule has 0 bridgehead atoms. The largest absolute Gasteiger partial charge is 0.344 e. The van der Waals surface area contributed by atoms with Crippen molar-refractivity contribution in [1.29, 1.82) is 0 Å². The SMILES string of the molecule is Cl.Cl.Cl.NCC(N)C1=CC2=CC=CCN2C=C1. The summed E-state index contributed by atoms with van der Waals surface area (Å²) in [5, 5.41) is 0. The fourth-order valence-corrected chi connectivity index (χ4v) is 1.58. The van der Waals surface area contributed by atoms with Crippen molar-refractivity contribution in [3.8, 4) is 0 Å². The lowest BCUT2D eigenvalue weighted by atomic mass is 10.0. The maximum absolute atomic E-state index is 5.86. The van der Waals surface area contributed by atoms with Gasteiger partial charge in [-0.1, -0.05) is 12.2 Å². The highest BCUT2D eigenvalue weighted by molar-refractivity contribution is 5.86. The number of allylic oxidation sites excluding steroid dienone is 3. The van der Waals surface area contributed by atoms with Crippen LogP contribution < -0.4 is 11.5 Å². The Labute approximate surface area is 121 Å². The predicted octanol–water partition coefficient (Wildman–Crippen LogP) is 1.75. The minimum absolute atomic E-state index is 0. The van der Waals surface area contributed by atoms with Crippen molar-refractivity contribution in [2.24, 2.45) is 11.5 Å². The summed E-state index contributed by atoms with van der Waals surface area (Å²) in [6, 6.07) is -0.0554. The van der Waals surface area contributed by atoms with E-state index in [-0.39, 0.29) is 43.3 Å². The Kier molecular flexibility index (Phi) is 9.58. The van der Waals surface area contributed by atoms with Gasteiger partial charge in [0, 0.05) is 31.0 Å². The van der Waals surface area contributed by atoms with Gasteiger partial charge in [-0.05, 0) is 23.8 Å². The Balaban J connectivity index is 0. The van der Waals surface area contributed by atoms with Gasteiger partial charge in [0.05, 0.1) is 0 Å². The Hall–Kier alpha value is -0.450. The third-order valence-electron chi connectivity index (χ3n) is 2.48. The lowest BCUT2D eigenvalue weighted by Crippen LogP contribution is -2.33. The molecule has 2 aliphatic rings. The van der Waals surface area contributed by atoms with Crippen LogP contribution in [-0.2, 0) is 0 Å². The first-order valence-corrected chi connectivity index (χ1v) is 4.80. The van der Waals surface area contributed by atoms with Gasteiger partial charge >= 0.3 is 0 Å². The summed E-state index contributed by atoms with van der Waals surface area (Å²) in [7, 11) is 0. The first-order chi connectivity index (χ1) is 6.81. The predicted molar refractivity (Wildman–Crippen MR) is 79.9 cm³/mol. The van der Waals surface area contributed by atoms with Gasteiger partial charge in [-0.15, -0.1) is 37.2 Å². The second-order valence-electron chi connectivity index (χ2n) is 3.47. The summed E-state index contributed by atoms with van der Waals surface area (Å²) in [6.07, 6.45) is 12.5. The Morgan fingerprint density at radius 2 is 2.00 bits per heavy atom.